The van der Waals surface area contributed by atoms with E-state index in [0.717, 1.165) is 3.57 Å². The summed E-state index contributed by atoms with van der Waals surface area (Å²) in [6.45, 7) is 2.03. The molecular formula is C12H13F2IO2. The second-order valence-corrected chi connectivity index (χ2v) is 4.69. The van der Waals surface area contributed by atoms with Gasteiger partial charge in [0.1, 0.15) is 0 Å². The predicted octanol–water partition coefficient (Wildman–Crippen LogP) is 3.72. The third kappa shape index (κ3) is 4.57. The Kier molecular flexibility index (Phi) is 5.80. The van der Waals surface area contributed by atoms with E-state index in [-0.39, 0.29) is 24.4 Å². The molecule has 94 valence electrons. The van der Waals surface area contributed by atoms with Gasteiger partial charge in [0, 0.05) is 15.6 Å². The van der Waals surface area contributed by atoms with Crippen LogP contribution in [0.4, 0.5) is 8.78 Å². The highest BCUT2D eigenvalue weighted by atomic mass is 127. The summed E-state index contributed by atoms with van der Waals surface area (Å²) in [6.07, 6.45) is -2.09. The van der Waals surface area contributed by atoms with E-state index in [2.05, 4.69) is 0 Å². The van der Waals surface area contributed by atoms with Gasteiger partial charge in [-0.25, -0.2) is 8.78 Å². The van der Waals surface area contributed by atoms with Crippen molar-refractivity contribution in [1.82, 2.24) is 0 Å². The lowest BCUT2D eigenvalue weighted by Gasteiger charge is -2.09. The Morgan fingerprint density at radius 1 is 1.47 bits per heavy atom. The maximum atomic E-state index is 12.8. The summed E-state index contributed by atoms with van der Waals surface area (Å²) in [4.78, 5) is 11.2. The van der Waals surface area contributed by atoms with Crippen LogP contribution in [0.3, 0.4) is 0 Å². The molecule has 0 radical (unpaired) electrons. The average molecular weight is 354 g/mol. The van der Waals surface area contributed by atoms with Gasteiger partial charge < -0.3 is 4.74 Å². The first-order valence-electron chi connectivity index (χ1n) is 5.26. The largest absolute Gasteiger partial charge is 0.466 e. The minimum atomic E-state index is -2.51. The van der Waals surface area contributed by atoms with Crippen LogP contribution in [-0.2, 0) is 16.0 Å². The number of carbonyl (C=O) groups is 1. The van der Waals surface area contributed by atoms with Crippen LogP contribution in [0, 0.1) is 3.57 Å². The van der Waals surface area contributed by atoms with Gasteiger partial charge in [0.25, 0.3) is 6.43 Å². The minimum absolute atomic E-state index is 0.00111. The van der Waals surface area contributed by atoms with Gasteiger partial charge in [0.05, 0.1) is 6.61 Å². The summed E-state index contributed by atoms with van der Waals surface area (Å²) < 4.78 is 31.0. The summed E-state index contributed by atoms with van der Waals surface area (Å²) in [6, 6.07) is 4.85. The van der Waals surface area contributed by atoms with Crippen LogP contribution in [0.25, 0.3) is 0 Å². The van der Waals surface area contributed by atoms with Crippen molar-refractivity contribution in [3.05, 3.63) is 32.9 Å². The molecule has 0 N–H and O–H groups in total. The smallest absolute Gasteiger partial charge is 0.306 e. The lowest BCUT2D eigenvalue weighted by Crippen LogP contribution is -2.06. The fourth-order valence-corrected chi connectivity index (χ4v) is 1.98. The van der Waals surface area contributed by atoms with Gasteiger partial charge in [0.15, 0.2) is 0 Å². The molecule has 0 aromatic heterocycles. The Morgan fingerprint density at radius 3 is 2.76 bits per heavy atom. The molecule has 0 aliphatic rings. The molecule has 1 rings (SSSR count). The van der Waals surface area contributed by atoms with Gasteiger partial charge in [-0.3, -0.25) is 4.79 Å². The minimum Gasteiger partial charge on any atom is -0.466 e. The Balaban J connectivity index is 2.73. The molecule has 2 nitrogen and oxygen atoms in total. The van der Waals surface area contributed by atoms with E-state index in [4.69, 9.17) is 4.74 Å². The average Bonchev–Trinajstić information content (AvgIpc) is 2.27. The molecule has 0 atom stereocenters. The fraction of sp³-hybridized carbons (Fsp3) is 0.417. The predicted molar refractivity (Wildman–Crippen MR) is 69.1 cm³/mol. The van der Waals surface area contributed by atoms with Crippen molar-refractivity contribution in [3.63, 3.8) is 0 Å². The standard InChI is InChI=1S/C12H13F2IO2/c1-2-17-11(16)6-4-8-3-5-9(15)7-10(8)12(13)14/h3,5,7,12H,2,4,6H2,1H3. The Bertz CT molecular complexity index is 394. The normalized spacial score (nSPS) is 10.6. The number of esters is 1. The monoisotopic (exact) mass is 354 g/mol. The van der Waals surface area contributed by atoms with Crippen molar-refractivity contribution in [1.29, 1.82) is 0 Å². The van der Waals surface area contributed by atoms with Gasteiger partial charge in [-0.2, -0.15) is 0 Å². The van der Waals surface area contributed by atoms with Crippen LogP contribution in [0.1, 0.15) is 30.9 Å². The van der Waals surface area contributed by atoms with Gasteiger partial charge in [0.2, 0.25) is 0 Å². The van der Waals surface area contributed by atoms with Crippen molar-refractivity contribution >= 4 is 28.6 Å². The van der Waals surface area contributed by atoms with Gasteiger partial charge in [-0.15, -0.1) is 0 Å². The third-order valence-corrected chi connectivity index (χ3v) is 2.92. The van der Waals surface area contributed by atoms with Crippen LogP contribution < -0.4 is 0 Å². The summed E-state index contributed by atoms with van der Waals surface area (Å²) in [7, 11) is 0. The van der Waals surface area contributed by atoms with Crippen LogP contribution in [0.15, 0.2) is 18.2 Å². The zero-order valence-corrected chi connectivity index (χ0v) is 11.5. The molecule has 0 unspecified atom stereocenters. The van der Waals surface area contributed by atoms with E-state index < -0.39 is 6.43 Å². The number of benzene rings is 1. The highest BCUT2D eigenvalue weighted by Gasteiger charge is 2.14. The first-order valence-corrected chi connectivity index (χ1v) is 6.34. The second-order valence-electron chi connectivity index (χ2n) is 3.45. The number of hydrogen-bond acceptors (Lipinski definition) is 2. The number of alkyl halides is 2. The maximum Gasteiger partial charge on any atom is 0.306 e. The molecule has 0 amide bonds. The second kappa shape index (κ2) is 6.88. The van der Waals surface area contributed by atoms with E-state index in [1.54, 1.807) is 19.1 Å². The van der Waals surface area contributed by atoms with Crippen LogP contribution in [0.5, 0.6) is 0 Å². The van der Waals surface area contributed by atoms with E-state index in [9.17, 15) is 13.6 Å². The Labute approximate surface area is 112 Å². The third-order valence-electron chi connectivity index (χ3n) is 2.25. The van der Waals surface area contributed by atoms with E-state index in [1.165, 1.54) is 6.07 Å². The summed E-state index contributed by atoms with van der Waals surface area (Å²) in [5, 5.41) is 0. The van der Waals surface area contributed by atoms with Gasteiger partial charge in [-0.05, 0) is 53.6 Å². The maximum absolute atomic E-state index is 12.8. The molecule has 0 spiro atoms. The molecule has 0 saturated carbocycles. The van der Waals surface area contributed by atoms with Gasteiger partial charge in [-0.1, -0.05) is 6.07 Å². The molecule has 17 heavy (non-hydrogen) atoms. The summed E-state index contributed by atoms with van der Waals surface area (Å²) in [5.74, 6) is -0.355. The molecule has 0 aliphatic carbocycles. The van der Waals surface area contributed by atoms with Crippen LogP contribution in [-0.4, -0.2) is 12.6 Å². The zero-order valence-electron chi connectivity index (χ0n) is 9.38. The molecule has 5 heteroatoms. The SMILES string of the molecule is CCOC(=O)CCc1ccc(I)cc1C(F)F. The molecule has 0 bridgehead atoms. The quantitative estimate of drug-likeness (QED) is 0.595. The van der Waals surface area contributed by atoms with Gasteiger partial charge >= 0.3 is 5.97 Å². The first-order chi connectivity index (χ1) is 8.04. The van der Waals surface area contributed by atoms with Crippen LogP contribution in [0.2, 0.25) is 0 Å². The number of aryl methyl sites for hydroxylation is 1. The lowest BCUT2D eigenvalue weighted by atomic mass is 10.0. The van der Waals surface area contributed by atoms with Crippen LogP contribution >= 0.6 is 22.6 Å². The summed E-state index contributed by atoms with van der Waals surface area (Å²) in [5.41, 5.74) is 0.509. The number of halogens is 3. The fourth-order valence-electron chi connectivity index (χ4n) is 1.47. The molecule has 0 saturated heterocycles. The highest BCUT2D eigenvalue weighted by molar-refractivity contribution is 14.1. The first kappa shape index (κ1) is 14.3. The van der Waals surface area contributed by atoms with E-state index >= 15 is 0 Å². The number of hydrogen-bond donors (Lipinski definition) is 0. The van der Waals surface area contributed by atoms with E-state index in [0.29, 0.717) is 12.2 Å². The Morgan fingerprint density at radius 2 is 2.18 bits per heavy atom. The molecule has 1 aromatic rings. The van der Waals surface area contributed by atoms with Crippen molar-refractivity contribution in [2.24, 2.45) is 0 Å². The van der Waals surface area contributed by atoms with Crippen molar-refractivity contribution in [2.45, 2.75) is 26.2 Å². The summed E-state index contributed by atoms with van der Waals surface area (Å²) >= 11 is 1.99. The molecule has 0 aliphatic heterocycles. The van der Waals surface area contributed by atoms with Crippen molar-refractivity contribution in [3.8, 4) is 0 Å². The molecule has 0 fully saturated rings. The topological polar surface area (TPSA) is 26.3 Å². The van der Waals surface area contributed by atoms with E-state index in [1.807, 2.05) is 22.6 Å². The molecule has 0 heterocycles. The zero-order chi connectivity index (χ0) is 12.8. The number of carbonyl (C=O) groups excluding carboxylic acids is 1. The highest BCUT2D eigenvalue weighted by Crippen LogP contribution is 2.25. The number of rotatable bonds is 5. The molecular weight excluding hydrogens is 341 g/mol. The molecule has 1 aromatic carbocycles. The number of ether oxygens (including phenoxy) is 1. The van der Waals surface area contributed by atoms with Crippen molar-refractivity contribution in [2.75, 3.05) is 6.61 Å². The lowest BCUT2D eigenvalue weighted by molar-refractivity contribution is -0.143. The van der Waals surface area contributed by atoms with Crippen molar-refractivity contribution < 1.29 is 18.3 Å². The Hall–Kier alpha value is -0.720.